The fraction of sp³-hybridized carbons (Fsp3) is 0.571. The average molecular weight is 286 g/mol. The maximum Gasteiger partial charge on any atom is 0.187 e. The van der Waals surface area contributed by atoms with Crippen LogP contribution in [0.5, 0.6) is 5.75 Å². The SMILES string of the molecule is CCCC(O)C(CC)S(=O)(=O)c1ccccc1OC. The predicted molar refractivity (Wildman–Crippen MR) is 75.2 cm³/mol. The summed E-state index contributed by atoms with van der Waals surface area (Å²) in [6.07, 6.45) is 0.762. The first-order valence-electron chi connectivity index (χ1n) is 6.54. The van der Waals surface area contributed by atoms with Crippen LogP contribution in [0.4, 0.5) is 0 Å². The van der Waals surface area contributed by atoms with Gasteiger partial charge in [0.1, 0.15) is 10.6 Å². The molecule has 4 nitrogen and oxygen atoms in total. The molecular formula is C14H22O4S. The molecule has 1 aromatic carbocycles. The van der Waals surface area contributed by atoms with Crippen molar-refractivity contribution in [3.05, 3.63) is 24.3 Å². The highest BCUT2D eigenvalue weighted by Crippen LogP contribution is 2.29. The number of para-hydroxylation sites is 1. The zero-order chi connectivity index (χ0) is 14.5. The molecule has 1 rings (SSSR count). The molecular weight excluding hydrogens is 264 g/mol. The maximum absolute atomic E-state index is 12.6. The van der Waals surface area contributed by atoms with Gasteiger partial charge in [0.05, 0.1) is 18.5 Å². The van der Waals surface area contributed by atoms with E-state index in [0.29, 0.717) is 18.6 Å². The Balaban J connectivity index is 3.20. The molecule has 0 amide bonds. The summed E-state index contributed by atoms with van der Waals surface area (Å²) in [5, 5.41) is 9.26. The van der Waals surface area contributed by atoms with Gasteiger partial charge < -0.3 is 9.84 Å². The van der Waals surface area contributed by atoms with Gasteiger partial charge in [-0.15, -0.1) is 0 Å². The first-order chi connectivity index (χ1) is 8.98. The number of ether oxygens (including phenoxy) is 1. The number of methoxy groups -OCH3 is 1. The van der Waals surface area contributed by atoms with Crippen LogP contribution < -0.4 is 4.74 Å². The van der Waals surface area contributed by atoms with E-state index in [-0.39, 0.29) is 4.90 Å². The van der Waals surface area contributed by atoms with E-state index in [0.717, 1.165) is 6.42 Å². The second-order valence-electron chi connectivity index (χ2n) is 4.50. The van der Waals surface area contributed by atoms with E-state index in [2.05, 4.69) is 0 Å². The Bertz CT molecular complexity index is 496. The molecule has 0 aliphatic heterocycles. The van der Waals surface area contributed by atoms with Crippen molar-refractivity contribution >= 4 is 9.84 Å². The zero-order valence-corrected chi connectivity index (χ0v) is 12.5. The molecule has 0 heterocycles. The van der Waals surface area contributed by atoms with Gasteiger partial charge in [-0.2, -0.15) is 0 Å². The monoisotopic (exact) mass is 286 g/mol. The summed E-state index contributed by atoms with van der Waals surface area (Å²) in [4.78, 5) is 0.152. The topological polar surface area (TPSA) is 63.6 Å². The molecule has 5 heteroatoms. The average Bonchev–Trinajstić information content (AvgIpc) is 2.39. The van der Waals surface area contributed by atoms with E-state index in [1.165, 1.54) is 13.2 Å². The molecule has 2 atom stereocenters. The normalized spacial score (nSPS) is 14.9. The van der Waals surface area contributed by atoms with Gasteiger partial charge in [-0.05, 0) is 25.0 Å². The molecule has 2 unspecified atom stereocenters. The van der Waals surface area contributed by atoms with E-state index in [4.69, 9.17) is 4.74 Å². The van der Waals surface area contributed by atoms with Crippen LogP contribution in [0.25, 0.3) is 0 Å². The second-order valence-corrected chi connectivity index (χ2v) is 6.63. The number of sulfone groups is 1. The number of hydrogen-bond acceptors (Lipinski definition) is 4. The summed E-state index contributed by atoms with van der Waals surface area (Å²) in [7, 11) is -2.15. The summed E-state index contributed by atoms with van der Waals surface area (Å²) in [5.41, 5.74) is 0. The third kappa shape index (κ3) is 3.48. The molecule has 1 aromatic rings. The van der Waals surface area contributed by atoms with Crippen LogP contribution in [0.3, 0.4) is 0 Å². The summed E-state index contributed by atoms with van der Waals surface area (Å²) in [5.74, 6) is 0.324. The van der Waals surface area contributed by atoms with Crippen molar-refractivity contribution < 1.29 is 18.3 Å². The van der Waals surface area contributed by atoms with Crippen LogP contribution in [0, 0.1) is 0 Å². The number of benzene rings is 1. The van der Waals surface area contributed by atoms with Gasteiger partial charge in [0.25, 0.3) is 0 Å². The second kappa shape index (κ2) is 6.91. The number of aliphatic hydroxyl groups is 1. The van der Waals surface area contributed by atoms with Gasteiger partial charge in [-0.1, -0.05) is 32.4 Å². The van der Waals surface area contributed by atoms with E-state index >= 15 is 0 Å². The lowest BCUT2D eigenvalue weighted by Crippen LogP contribution is -2.33. The quantitative estimate of drug-likeness (QED) is 0.836. The minimum atomic E-state index is -3.59. The number of rotatable bonds is 7. The van der Waals surface area contributed by atoms with E-state index in [1.807, 2.05) is 6.92 Å². The molecule has 1 N–H and O–H groups in total. The van der Waals surface area contributed by atoms with Crippen LogP contribution in [-0.2, 0) is 9.84 Å². The molecule has 0 fully saturated rings. The van der Waals surface area contributed by atoms with Crippen molar-refractivity contribution in [2.75, 3.05) is 7.11 Å². The molecule has 0 aromatic heterocycles. The largest absolute Gasteiger partial charge is 0.495 e. The van der Waals surface area contributed by atoms with Gasteiger partial charge in [-0.25, -0.2) is 8.42 Å². The van der Waals surface area contributed by atoms with Gasteiger partial charge >= 0.3 is 0 Å². The van der Waals surface area contributed by atoms with Crippen molar-refractivity contribution in [1.29, 1.82) is 0 Å². The molecule has 108 valence electrons. The standard InChI is InChI=1S/C14H22O4S/c1-4-8-11(15)13(5-2)19(16,17)14-10-7-6-9-12(14)18-3/h6-7,9-11,13,15H,4-5,8H2,1-3H3. The Morgan fingerprint density at radius 1 is 1.26 bits per heavy atom. The highest BCUT2D eigenvalue weighted by molar-refractivity contribution is 7.92. The Hall–Kier alpha value is -1.07. The highest BCUT2D eigenvalue weighted by atomic mass is 32.2. The van der Waals surface area contributed by atoms with Gasteiger partial charge in [0.2, 0.25) is 0 Å². The fourth-order valence-corrected chi connectivity index (χ4v) is 4.21. The number of hydrogen-bond donors (Lipinski definition) is 1. The van der Waals surface area contributed by atoms with Crippen molar-refractivity contribution in [3.8, 4) is 5.75 Å². The molecule has 0 radical (unpaired) electrons. The highest BCUT2D eigenvalue weighted by Gasteiger charge is 2.33. The maximum atomic E-state index is 12.6. The fourth-order valence-electron chi connectivity index (χ4n) is 2.20. The van der Waals surface area contributed by atoms with Crippen molar-refractivity contribution in [3.63, 3.8) is 0 Å². The molecule has 0 saturated heterocycles. The summed E-state index contributed by atoms with van der Waals surface area (Å²) >= 11 is 0. The smallest absolute Gasteiger partial charge is 0.187 e. The van der Waals surface area contributed by atoms with Crippen molar-refractivity contribution in [2.24, 2.45) is 0 Å². The Morgan fingerprint density at radius 2 is 1.89 bits per heavy atom. The molecule has 0 spiro atoms. The number of aliphatic hydroxyl groups excluding tert-OH is 1. The summed E-state index contributed by atoms with van der Waals surface area (Å²) in [6, 6.07) is 6.52. The van der Waals surface area contributed by atoms with Crippen LogP contribution in [0.1, 0.15) is 33.1 Å². The van der Waals surface area contributed by atoms with Crippen LogP contribution in [0.15, 0.2) is 29.2 Å². The van der Waals surface area contributed by atoms with Crippen LogP contribution in [0.2, 0.25) is 0 Å². The lowest BCUT2D eigenvalue weighted by atomic mass is 10.1. The molecule has 0 aliphatic rings. The van der Waals surface area contributed by atoms with Gasteiger partial charge in [-0.3, -0.25) is 0 Å². The van der Waals surface area contributed by atoms with E-state index < -0.39 is 21.2 Å². The van der Waals surface area contributed by atoms with Crippen LogP contribution in [-0.4, -0.2) is 32.0 Å². The predicted octanol–water partition coefficient (Wildman–Crippen LogP) is 2.41. The van der Waals surface area contributed by atoms with E-state index in [9.17, 15) is 13.5 Å². The third-order valence-electron chi connectivity index (χ3n) is 3.19. The third-order valence-corrected chi connectivity index (χ3v) is 5.59. The summed E-state index contributed by atoms with van der Waals surface area (Å²) < 4.78 is 30.3. The lowest BCUT2D eigenvalue weighted by molar-refractivity contribution is 0.155. The molecule has 19 heavy (non-hydrogen) atoms. The first-order valence-corrected chi connectivity index (χ1v) is 8.08. The molecule has 0 aliphatic carbocycles. The Labute approximate surface area is 115 Å². The first kappa shape index (κ1) is 16.0. The lowest BCUT2D eigenvalue weighted by Gasteiger charge is -2.22. The van der Waals surface area contributed by atoms with Crippen molar-refractivity contribution in [1.82, 2.24) is 0 Å². The van der Waals surface area contributed by atoms with Crippen molar-refractivity contribution in [2.45, 2.75) is 49.4 Å². The van der Waals surface area contributed by atoms with Gasteiger partial charge in [0, 0.05) is 0 Å². The Morgan fingerprint density at radius 3 is 2.42 bits per heavy atom. The van der Waals surface area contributed by atoms with E-state index in [1.54, 1.807) is 25.1 Å². The minimum absolute atomic E-state index is 0.152. The minimum Gasteiger partial charge on any atom is -0.495 e. The Kier molecular flexibility index (Phi) is 5.82. The zero-order valence-electron chi connectivity index (χ0n) is 11.7. The van der Waals surface area contributed by atoms with Crippen LogP contribution >= 0.6 is 0 Å². The van der Waals surface area contributed by atoms with Gasteiger partial charge in [0.15, 0.2) is 9.84 Å². The molecule has 0 saturated carbocycles. The summed E-state index contributed by atoms with van der Waals surface area (Å²) in [6.45, 7) is 3.70. The molecule has 0 bridgehead atoms.